The Hall–Kier alpha value is -0.953. The standard InChI is InChI=1S/C19H28BrNO3Si/c1-7-13-21-17(22)16(15-11-9-8-10-12-15)23-19(21,14-20)24-25(5,6)18(2,3)4/h7-12,16H,1,13-14H2,2-6H3/t16-,19-/m0/s1. The molecular weight excluding hydrogens is 398 g/mol. The van der Waals surface area contributed by atoms with Crippen molar-refractivity contribution in [3.63, 3.8) is 0 Å². The summed E-state index contributed by atoms with van der Waals surface area (Å²) < 4.78 is 12.9. The molecule has 0 radical (unpaired) electrons. The predicted molar refractivity (Wildman–Crippen MR) is 107 cm³/mol. The van der Waals surface area contributed by atoms with E-state index >= 15 is 0 Å². The van der Waals surface area contributed by atoms with Crippen molar-refractivity contribution < 1.29 is 14.0 Å². The van der Waals surface area contributed by atoms with Gasteiger partial charge in [0.25, 0.3) is 11.8 Å². The fourth-order valence-corrected chi connectivity index (χ4v) is 4.66. The average molecular weight is 426 g/mol. The largest absolute Gasteiger partial charge is 0.373 e. The van der Waals surface area contributed by atoms with Crippen molar-refractivity contribution in [3.05, 3.63) is 48.6 Å². The molecule has 25 heavy (non-hydrogen) atoms. The second kappa shape index (κ2) is 7.35. The summed E-state index contributed by atoms with van der Waals surface area (Å²) >= 11 is 3.53. The van der Waals surface area contributed by atoms with E-state index in [1.807, 2.05) is 30.3 Å². The Morgan fingerprint density at radius 2 is 1.96 bits per heavy atom. The lowest BCUT2D eigenvalue weighted by atomic mass is 10.1. The fraction of sp³-hybridized carbons (Fsp3) is 0.526. The number of rotatable bonds is 6. The summed E-state index contributed by atoms with van der Waals surface area (Å²) in [5.41, 5.74) is 0.836. The van der Waals surface area contributed by atoms with Crippen LogP contribution in [0.4, 0.5) is 0 Å². The van der Waals surface area contributed by atoms with Gasteiger partial charge in [-0.05, 0) is 23.7 Å². The molecule has 1 heterocycles. The van der Waals surface area contributed by atoms with E-state index in [9.17, 15) is 4.79 Å². The summed E-state index contributed by atoms with van der Waals surface area (Å²) in [5.74, 6) is -1.21. The van der Waals surface area contributed by atoms with Crippen LogP contribution in [-0.4, -0.2) is 36.9 Å². The third-order valence-corrected chi connectivity index (χ3v) is 10.2. The van der Waals surface area contributed by atoms with Crippen molar-refractivity contribution in [1.82, 2.24) is 4.90 Å². The van der Waals surface area contributed by atoms with Crippen molar-refractivity contribution >= 4 is 30.2 Å². The molecule has 1 fully saturated rings. The van der Waals surface area contributed by atoms with Crippen LogP contribution in [0, 0.1) is 0 Å². The lowest BCUT2D eigenvalue weighted by Gasteiger charge is -2.45. The minimum atomic E-state index is -2.18. The van der Waals surface area contributed by atoms with Crippen LogP contribution in [0.1, 0.15) is 32.4 Å². The predicted octanol–water partition coefficient (Wildman–Crippen LogP) is 4.84. The maximum Gasteiger partial charge on any atom is 0.260 e. The van der Waals surface area contributed by atoms with E-state index in [-0.39, 0.29) is 10.9 Å². The van der Waals surface area contributed by atoms with Gasteiger partial charge >= 0.3 is 0 Å². The highest BCUT2D eigenvalue weighted by molar-refractivity contribution is 9.09. The zero-order chi connectivity index (χ0) is 18.9. The molecule has 0 aromatic heterocycles. The van der Waals surface area contributed by atoms with Gasteiger partial charge in [-0.3, -0.25) is 9.69 Å². The number of carbonyl (C=O) groups excluding carboxylic acids is 1. The molecule has 2 rings (SSSR count). The smallest absolute Gasteiger partial charge is 0.260 e. The maximum absolute atomic E-state index is 13.1. The number of hydrogen-bond acceptors (Lipinski definition) is 3. The van der Waals surface area contributed by atoms with Crippen LogP contribution in [-0.2, 0) is 14.0 Å². The van der Waals surface area contributed by atoms with Gasteiger partial charge in [0, 0.05) is 6.54 Å². The lowest BCUT2D eigenvalue weighted by molar-refractivity contribution is -0.224. The number of carbonyl (C=O) groups is 1. The normalized spacial score (nSPS) is 24.6. The van der Waals surface area contributed by atoms with Gasteiger partial charge in [0.1, 0.15) is 0 Å². The zero-order valence-electron chi connectivity index (χ0n) is 15.7. The topological polar surface area (TPSA) is 38.8 Å². The third-order valence-electron chi connectivity index (χ3n) is 5.01. The molecule has 0 aliphatic carbocycles. The van der Waals surface area contributed by atoms with Gasteiger partial charge in [-0.25, -0.2) is 0 Å². The van der Waals surface area contributed by atoms with Gasteiger partial charge < -0.3 is 9.16 Å². The van der Waals surface area contributed by atoms with E-state index < -0.39 is 20.3 Å². The van der Waals surface area contributed by atoms with Crippen LogP contribution < -0.4 is 0 Å². The van der Waals surface area contributed by atoms with Crippen molar-refractivity contribution in [3.8, 4) is 0 Å². The molecule has 2 atom stereocenters. The minimum Gasteiger partial charge on any atom is -0.373 e. The van der Waals surface area contributed by atoms with E-state index in [1.165, 1.54) is 0 Å². The molecule has 138 valence electrons. The zero-order valence-corrected chi connectivity index (χ0v) is 18.3. The molecule has 0 N–H and O–H groups in total. The molecule has 1 aliphatic rings. The van der Waals surface area contributed by atoms with E-state index in [1.54, 1.807) is 11.0 Å². The molecule has 0 unspecified atom stereocenters. The minimum absolute atomic E-state index is 0.000734. The molecule has 1 aromatic rings. The summed E-state index contributed by atoms with van der Waals surface area (Å²) in [6, 6.07) is 9.56. The van der Waals surface area contributed by atoms with Crippen LogP contribution in [0.25, 0.3) is 0 Å². The molecule has 1 saturated heterocycles. The van der Waals surface area contributed by atoms with Crippen LogP contribution in [0.15, 0.2) is 43.0 Å². The highest BCUT2D eigenvalue weighted by Crippen LogP contribution is 2.45. The molecule has 6 heteroatoms. The van der Waals surface area contributed by atoms with Crippen molar-refractivity contribution in [1.29, 1.82) is 0 Å². The number of amides is 1. The van der Waals surface area contributed by atoms with Gasteiger partial charge in [-0.2, -0.15) is 0 Å². The van der Waals surface area contributed by atoms with Crippen molar-refractivity contribution in [2.45, 2.75) is 50.9 Å². The molecular formula is C19H28BrNO3Si. The molecule has 0 bridgehead atoms. The van der Waals surface area contributed by atoms with E-state index in [2.05, 4.69) is 56.4 Å². The number of halogens is 1. The first-order valence-electron chi connectivity index (χ1n) is 8.49. The molecule has 4 nitrogen and oxygen atoms in total. The molecule has 1 amide bonds. The highest BCUT2D eigenvalue weighted by atomic mass is 79.9. The number of alkyl halides is 1. The fourth-order valence-electron chi connectivity index (χ4n) is 2.57. The van der Waals surface area contributed by atoms with Crippen LogP contribution >= 0.6 is 15.9 Å². The van der Waals surface area contributed by atoms with Gasteiger partial charge in [0.2, 0.25) is 0 Å². The molecule has 0 spiro atoms. The summed E-state index contributed by atoms with van der Waals surface area (Å²) in [4.78, 5) is 14.7. The van der Waals surface area contributed by atoms with E-state index in [0.29, 0.717) is 11.9 Å². The number of benzene rings is 1. The van der Waals surface area contributed by atoms with Gasteiger partial charge in [0.15, 0.2) is 14.4 Å². The number of nitrogens with zero attached hydrogens (tertiary/aromatic N) is 1. The number of ether oxygens (including phenoxy) is 1. The summed E-state index contributed by atoms with van der Waals surface area (Å²) in [6.45, 7) is 15.0. The van der Waals surface area contributed by atoms with Crippen LogP contribution in [0.5, 0.6) is 0 Å². The van der Waals surface area contributed by atoms with Crippen molar-refractivity contribution in [2.75, 3.05) is 11.9 Å². The summed E-state index contributed by atoms with van der Waals surface area (Å²) in [5, 5.41) is 0.384. The van der Waals surface area contributed by atoms with Gasteiger partial charge in [-0.1, -0.05) is 73.1 Å². The second-order valence-corrected chi connectivity index (χ2v) is 13.1. The quantitative estimate of drug-likeness (QED) is 0.371. The Bertz CT molecular complexity index is 629. The van der Waals surface area contributed by atoms with Gasteiger partial charge in [0.05, 0.1) is 5.33 Å². The molecule has 0 saturated carbocycles. The SMILES string of the molecule is C=CCN1C(=O)[C@H](c2ccccc2)O[C@@]1(CBr)O[Si](C)(C)C(C)(C)C. The Balaban J connectivity index is 2.44. The average Bonchev–Trinajstić information content (AvgIpc) is 2.81. The van der Waals surface area contributed by atoms with Crippen LogP contribution in [0.3, 0.4) is 0 Å². The Morgan fingerprint density at radius 1 is 1.36 bits per heavy atom. The highest BCUT2D eigenvalue weighted by Gasteiger charge is 2.56. The Labute approximate surface area is 160 Å². The molecule has 1 aliphatic heterocycles. The first-order valence-corrected chi connectivity index (χ1v) is 12.5. The Kier molecular flexibility index (Phi) is 5.98. The van der Waals surface area contributed by atoms with E-state index in [0.717, 1.165) is 5.56 Å². The lowest BCUT2D eigenvalue weighted by Crippen LogP contribution is -2.58. The summed E-state index contributed by atoms with van der Waals surface area (Å²) in [7, 11) is -2.18. The first kappa shape index (κ1) is 20.4. The first-order chi connectivity index (χ1) is 11.6. The monoisotopic (exact) mass is 425 g/mol. The van der Waals surface area contributed by atoms with Crippen molar-refractivity contribution in [2.24, 2.45) is 0 Å². The maximum atomic E-state index is 13.1. The van der Waals surface area contributed by atoms with E-state index in [4.69, 9.17) is 9.16 Å². The second-order valence-electron chi connectivity index (χ2n) is 7.85. The summed E-state index contributed by atoms with van der Waals surface area (Å²) in [6.07, 6.45) is 1.05. The Morgan fingerprint density at radius 3 is 2.44 bits per heavy atom. The molecule has 1 aromatic carbocycles. The third kappa shape index (κ3) is 3.92. The van der Waals surface area contributed by atoms with Gasteiger partial charge in [-0.15, -0.1) is 6.58 Å². The number of hydrogen-bond donors (Lipinski definition) is 0. The van der Waals surface area contributed by atoms with Crippen LogP contribution in [0.2, 0.25) is 18.1 Å².